The third kappa shape index (κ3) is 2.45. The summed E-state index contributed by atoms with van der Waals surface area (Å²) in [5.41, 5.74) is 2.65. The van der Waals surface area contributed by atoms with Gasteiger partial charge in [-0.25, -0.2) is 0 Å². The molecule has 2 amide bonds. The summed E-state index contributed by atoms with van der Waals surface area (Å²) in [5.74, 6) is 0.283. The highest BCUT2D eigenvalue weighted by atomic mass is 16.2. The Labute approximate surface area is 127 Å². The molecule has 7 heteroatoms. The van der Waals surface area contributed by atoms with Gasteiger partial charge >= 0.3 is 0 Å². The summed E-state index contributed by atoms with van der Waals surface area (Å²) in [7, 11) is 1.65. The number of hydrogen-bond donors (Lipinski definition) is 2. The Morgan fingerprint density at radius 1 is 1.41 bits per heavy atom. The fraction of sp³-hybridized carbons (Fsp3) is 0.333. The maximum atomic E-state index is 12.3. The molecule has 2 N–H and O–H groups in total. The van der Waals surface area contributed by atoms with E-state index in [4.69, 9.17) is 0 Å². The first-order valence-corrected chi connectivity index (χ1v) is 7.10. The van der Waals surface area contributed by atoms with Gasteiger partial charge in [0.1, 0.15) is 6.04 Å². The van der Waals surface area contributed by atoms with E-state index in [2.05, 4.69) is 20.5 Å². The molecule has 2 aromatic rings. The second kappa shape index (κ2) is 5.59. The molecule has 0 aliphatic carbocycles. The third-order valence-electron chi connectivity index (χ3n) is 4.02. The number of likely N-dealkylation sites (N-methyl/N-ethyl adjacent to an activating group) is 1. The van der Waals surface area contributed by atoms with Crippen LogP contribution < -0.4 is 5.32 Å². The highest BCUT2D eigenvalue weighted by Gasteiger charge is 2.33. The number of amides is 2. The van der Waals surface area contributed by atoms with Crippen LogP contribution in [0, 0.1) is 6.92 Å². The summed E-state index contributed by atoms with van der Waals surface area (Å²) >= 11 is 0. The Kier molecular flexibility index (Phi) is 3.62. The number of hydrogen-bond acceptors (Lipinski definition) is 4. The number of H-pyrrole nitrogens is 1. The van der Waals surface area contributed by atoms with Crippen LogP contribution in [0.15, 0.2) is 24.5 Å². The van der Waals surface area contributed by atoms with Gasteiger partial charge in [0.2, 0.25) is 11.8 Å². The SMILES string of the molecule is Cc1c(NC(=O)C2CCC(=O)N2C)n[nH]c1-c1ccncc1. The number of nitrogens with one attached hydrogen (secondary N) is 2. The first kappa shape index (κ1) is 14.2. The minimum atomic E-state index is -0.423. The maximum Gasteiger partial charge on any atom is 0.248 e. The molecule has 1 unspecified atom stereocenters. The van der Waals surface area contributed by atoms with Gasteiger partial charge in [-0.1, -0.05) is 0 Å². The van der Waals surface area contributed by atoms with E-state index in [0.717, 1.165) is 16.8 Å². The molecular weight excluding hydrogens is 282 g/mol. The Hall–Kier alpha value is -2.70. The Bertz CT molecular complexity index is 710. The van der Waals surface area contributed by atoms with Crippen LogP contribution in [-0.2, 0) is 9.59 Å². The van der Waals surface area contributed by atoms with Gasteiger partial charge in [0.15, 0.2) is 5.82 Å². The zero-order valence-electron chi connectivity index (χ0n) is 12.5. The lowest BCUT2D eigenvalue weighted by Crippen LogP contribution is -2.39. The van der Waals surface area contributed by atoms with Crippen molar-refractivity contribution in [2.24, 2.45) is 0 Å². The topological polar surface area (TPSA) is 91.0 Å². The van der Waals surface area contributed by atoms with Crippen LogP contribution >= 0.6 is 0 Å². The van der Waals surface area contributed by atoms with Crippen LogP contribution in [0.1, 0.15) is 18.4 Å². The second-order valence-corrected chi connectivity index (χ2v) is 5.36. The van der Waals surface area contributed by atoms with Gasteiger partial charge in [-0.2, -0.15) is 5.10 Å². The maximum absolute atomic E-state index is 12.3. The van der Waals surface area contributed by atoms with E-state index in [1.54, 1.807) is 19.4 Å². The van der Waals surface area contributed by atoms with Gasteiger partial charge in [0.25, 0.3) is 0 Å². The van der Waals surface area contributed by atoms with Gasteiger partial charge in [0.05, 0.1) is 5.69 Å². The number of carbonyl (C=O) groups excluding carboxylic acids is 2. The van der Waals surface area contributed by atoms with E-state index >= 15 is 0 Å². The van der Waals surface area contributed by atoms with Crippen molar-refractivity contribution in [3.8, 4) is 11.3 Å². The molecule has 1 saturated heterocycles. The van der Waals surface area contributed by atoms with Crippen molar-refractivity contribution in [1.29, 1.82) is 0 Å². The fourth-order valence-electron chi connectivity index (χ4n) is 2.63. The highest BCUT2D eigenvalue weighted by Crippen LogP contribution is 2.26. The molecule has 7 nitrogen and oxygen atoms in total. The number of pyridine rings is 1. The molecule has 0 spiro atoms. The number of aromatic amines is 1. The average molecular weight is 299 g/mol. The van der Waals surface area contributed by atoms with Gasteiger partial charge < -0.3 is 10.2 Å². The number of rotatable bonds is 3. The first-order chi connectivity index (χ1) is 10.6. The summed E-state index contributed by atoms with van der Waals surface area (Å²) in [4.78, 5) is 29.3. The smallest absolute Gasteiger partial charge is 0.248 e. The predicted molar refractivity (Wildman–Crippen MR) is 81.0 cm³/mol. The molecule has 114 valence electrons. The third-order valence-corrected chi connectivity index (χ3v) is 4.02. The summed E-state index contributed by atoms with van der Waals surface area (Å²) < 4.78 is 0. The molecule has 1 aliphatic rings. The van der Waals surface area contributed by atoms with Gasteiger partial charge in [-0.05, 0) is 25.5 Å². The van der Waals surface area contributed by atoms with Crippen molar-refractivity contribution in [3.05, 3.63) is 30.1 Å². The second-order valence-electron chi connectivity index (χ2n) is 5.36. The molecule has 22 heavy (non-hydrogen) atoms. The lowest BCUT2D eigenvalue weighted by atomic mass is 10.1. The van der Waals surface area contributed by atoms with E-state index in [1.807, 2.05) is 19.1 Å². The number of carbonyl (C=O) groups is 2. The number of aromatic nitrogens is 3. The lowest BCUT2D eigenvalue weighted by molar-refractivity contribution is -0.131. The van der Waals surface area contributed by atoms with Crippen LogP contribution in [0.2, 0.25) is 0 Å². The predicted octanol–water partition coefficient (Wildman–Crippen LogP) is 1.34. The van der Waals surface area contributed by atoms with Crippen molar-refractivity contribution in [2.75, 3.05) is 12.4 Å². The minimum absolute atomic E-state index is 0.00336. The largest absolute Gasteiger partial charge is 0.334 e. The van der Waals surface area contributed by atoms with Crippen LogP contribution in [0.5, 0.6) is 0 Å². The van der Waals surface area contributed by atoms with Crippen molar-refractivity contribution < 1.29 is 9.59 Å². The zero-order chi connectivity index (χ0) is 15.7. The van der Waals surface area contributed by atoms with Gasteiger partial charge in [-0.3, -0.25) is 19.7 Å². The molecule has 0 saturated carbocycles. The molecule has 1 aliphatic heterocycles. The molecule has 0 bridgehead atoms. The standard InChI is InChI=1S/C15H17N5O2/c1-9-13(10-5-7-16-8-6-10)18-19-14(9)17-15(22)11-3-4-12(21)20(11)2/h5-8,11H,3-4H2,1-2H3,(H2,17,18,19,22). The first-order valence-electron chi connectivity index (χ1n) is 7.10. The Morgan fingerprint density at radius 3 is 2.77 bits per heavy atom. The normalized spacial score (nSPS) is 17.8. The number of anilines is 1. The zero-order valence-corrected chi connectivity index (χ0v) is 12.5. The Balaban J connectivity index is 1.78. The average Bonchev–Trinajstić information content (AvgIpc) is 3.05. The quantitative estimate of drug-likeness (QED) is 0.894. The van der Waals surface area contributed by atoms with E-state index in [0.29, 0.717) is 18.7 Å². The number of likely N-dealkylation sites (tertiary alicyclic amines) is 1. The molecule has 0 aromatic carbocycles. The molecule has 3 heterocycles. The minimum Gasteiger partial charge on any atom is -0.334 e. The van der Waals surface area contributed by atoms with Crippen molar-refractivity contribution >= 4 is 17.6 Å². The van der Waals surface area contributed by atoms with Crippen LogP contribution in [0.3, 0.4) is 0 Å². The van der Waals surface area contributed by atoms with E-state index in [9.17, 15) is 9.59 Å². The van der Waals surface area contributed by atoms with Crippen molar-refractivity contribution in [1.82, 2.24) is 20.1 Å². The monoisotopic (exact) mass is 299 g/mol. The van der Waals surface area contributed by atoms with Crippen LogP contribution in [-0.4, -0.2) is 45.0 Å². The molecule has 3 rings (SSSR count). The number of nitrogens with zero attached hydrogens (tertiary/aromatic N) is 3. The molecule has 1 atom stereocenters. The van der Waals surface area contributed by atoms with E-state index < -0.39 is 6.04 Å². The van der Waals surface area contributed by atoms with E-state index in [-0.39, 0.29) is 11.8 Å². The fourth-order valence-corrected chi connectivity index (χ4v) is 2.63. The summed E-state index contributed by atoms with van der Waals surface area (Å²) in [6.07, 6.45) is 4.36. The summed E-state index contributed by atoms with van der Waals surface area (Å²) in [6.45, 7) is 1.89. The molecule has 0 radical (unpaired) electrons. The Morgan fingerprint density at radius 2 is 2.14 bits per heavy atom. The van der Waals surface area contributed by atoms with Crippen LogP contribution in [0.25, 0.3) is 11.3 Å². The lowest BCUT2D eigenvalue weighted by Gasteiger charge is -2.18. The highest BCUT2D eigenvalue weighted by molar-refractivity contribution is 5.99. The molecule has 1 fully saturated rings. The van der Waals surface area contributed by atoms with E-state index in [1.165, 1.54) is 4.90 Å². The molecule has 2 aromatic heterocycles. The van der Waals surface area contributed by atoms with Gasteiger partial charge in [-0.15, -0.1) is 0 Å². The van der Waals surface area contributed by atoms with Gasteiger partial charge in [0, 0.05) is 37.0 Å². The molecular formula is C15H17N5O2. The summed E-state index contributed by atoms with van der Waals surface area (Å²) in [6, 6.07) is 3.32. The van der Waals surface area contributed by atoms with Crippen molar-refractivity contribution in [3.63, 3.8) is 0 Å². The summed E-state index contributed by atoms with van der Waals surface area (Å²) in [5, 5.41) is 9.90. The van der Waals surface area contributed by atoms with Crippen molar-refractivity contribution in [2.45, 2.75) is 25.8 Å². The van der Waals surface area contributed by atoms with Crippen LogP contribution in [0.4, 0.5) is 5.82 Å².